The number of hydrogen-bond donors (Lipinski definition) is 4. The molecule has 0 radical (unpaired) electrons. The van der Waals surface area contributed by atoms with Crippen molar-refractivity contribution in [1.29, 1.82) is 0 Å². The number of nitrogens with two attached hydrogens (primary N) is 1. The largest absolute Gasteiger partial charge is 0.346 e. The lowest BCUT2D eigenvalue weighted by molar-refractivity contribution is -0.115. The van der Waals surface area contributed by atoms with Crippen LogP contribution in [0.5, 0.6) is 0 Å². The smallest absolute Gasteiger partial charge is 0.263 e. The molecule has 1 aromatic carbocycles. The molecule has 174 valence electrons. The highest BCUT2D eigenvalue weighted by atomic mass is 32.2. The molecular weight excluding hydrogens is 452 g/mol. The van der Waals surface area contributed by atoms with Crippen molar-refractivity contribution in [1.82, 2.24) is 20.3 Å². The van der Waals surface area contributed by atoms with E-state index >= 15 is 0 Å². The van der Waals surface area contributed by atoms with E-state index in [1.165, 1.54) is 0 Å². The summed E-state index contributed by atoms with van der Waals surface area (Å²) in [7, 11) is 0. The lowest BCUT2D eigenvalue weighted by Gasteiger charge is -2.26. The predicted molar refractivity (Wildman–Crippen MR) is 142 cm³/mol. The minimum absolute atomic E-state index is 0.117. The number of H-pyrrole nitrogens is 1. The van der Waals surface area contributed by atoms with Crippen LogP contribution in [0.15, 0.2) is 60.0 Å². The van der Waals surface area contributed by atoms with Gasteiger partial charge in [-0.2, -0.15) is 12.6 Å². The Hall–Kier alpha value is -2.75. The molecule has 33 heavy (non-hydrogen) atoms. The molecule has 0 fully saturated rings. The normalized spacial score (nSPS) is 13.9. The molecular formula is C24H30N6OS2. The van der Waals surface area contributed by atoms with Gasteiger partial charge in [0.05, 0.1) is 10.3 Å². The van der Waals surface area contributed by atoms with Crippen LogP contribution in [0.1, 0.15) is 24.0 Å². The summed E-state index contributed by atoms with van der Waals surface area (Å²) in [5.74, 6) is 1.50. The zero-order chi connectivity index (χ0) is 23.6. The lowest BCUT2D eigenvalue weighted by Crippen LogP contribution is -2.30. The maximum Gasteiger partial charge on any atom is 0.263 e. The van der Waals surface area contributed by atoms with Crippen LogP contribution < -0.4 is 16.0 Å². The van der Waals surface area contributed by atoms with Gasteiger partial charge in [0.25, 0.3) is 5.91 Å². The van der Waals surface area contributed by atoms with Gasteiger partial charge < -0.3 is 20.9 Å². The fourth-order valence-electron chi connectivity index (χ4n) is 3.51. The predicted octanol–water partition coefficient (Wildman–Crippen LogP) is 4.10. The first kappa shape index (κ1) is 24.9. The number of fused-ring (bicyclic) bond motifs is 1. The molecule has 4 rings (SSSR count). The second kappa shape index (κ2) is 12.5. The third-order valence-electron chi connectivity index (χ3n) is 5.10. The van der Waals surface area contributed by atoms with Crippen LogP contribution in [-0.2, 0) is 4.79 Å². The first-order valence-corrected chi connectivity index (χ1v) is 12.7. The number of carbonyl (C=O) groups is 1. The Kier molecular flexibility index (Phi) is 9.41. The minimum atomic E-state index is -0.117. The Bertz CT molecular complexity index is 1130. The Morgan fingerprint density at radius 1 is 1.30 bits per heavy atom. The number of allylic oxidation sites excluding steroid dienone is 1. The Morgan fingerprint density at radius 2 is 2.09 bits per heavy atom. The van der Waals surface area contributed by atoms with E-state index in [1.807, 2.05) is 60.6 Å². The quantitative estimate of drug-likeness (QED) is 0.299. The Labute approximate surface area is 204 Å². The molecule has 1 aliphatic rings. The van der Waals surface area contributed by atoms with Crippen LogP contribution >= 0.6 is 24.4 Å². The van der Waals surface area contributed by atoms with Crippen molar-refractivity contribution in [2.24, 2.45) is 5.73 Å². The van der Waals surface area contributed by atoms with Crippen LogP contribution in [0.25, 0.3) is 16.7 Å². The fourth-order valence-corrected chi connectivity index (χ4v) is 4.40. The van der Waals surface area contributed by atoms with Gasteiger partial charge in [-0.15, -0.1) is 11.8 Å². The molecule has 0 spiro atoms. The Balaban J connectivity index is 0.00000149. The highest BCUT2D eigenvalue weighted by Crippen LogP contribution is 2.31. The molecule has 2 aromatic heterocycles. The van der Waals surface area contributed by atoms with Crippen LogP contribution in [-0.4, -0.2) is 46.0 Å². The van der Waals surface area contributed by atoms with E-state index in [4.69, 9.17) is 5.73 Å². The molecule has 0 aliphatic carbocycles. The molecule has 3 aromatic rings. The molecule has 0 bridgehead atoms. The highest BCUT2D eigenvalue weighted by molar-refractivity contribution is 8.04. The third kappa shape index (κ3) is 6.19. The zero-order valence-corrected chi connectivity index (χ0v) is 20.6. The number of unbranched alkanes of at least 4 members (excludes halogenated alkanes) is 1. The summed E-state index contributed by atoms with van der Waals surface area (Å²) in [4.78, 5) is 27.8. The van der Waals surface area contributed by atoms with Crippen LogP contribution in [0, 0.1) is 6.92 Å². The zero-order valence-electron chi connectivity index (χ0n) is 18.9. The van der Waals surface area contributed by atoms with Crippen molar-refractivity contribution in [3.8, 4) is 0 Å². The number of thioether (sulfide) groups is 1. The summed E-state index contributed by atoms with van der Waals surface area (Å²) in [6.07, 6.45) is 10.8. The van der Waals surface area contributed by atoms with Gasteiger partial charge in [0.1, 0.15) is 17.8 Å². The van der Waals surface area contributed by atoms with Gasteiger partial charge in [-0.05, 0) is 43.7 Å². The van der Waals surface area contributed by atoms with Gasteiger partial charge in [-0.1, -0.05) is 36.4 Å². The van der Waals surface area contributed by atoms with E-state index in [2.05, 4.69) is 32.9 Å². The van der Waals surface area contributed by atoms with Gasteiger partial charge in [-0.25, -0.2) is 9.97 Å². The van der Waals surface area contributed by atoms with Crippen molar-refractivity contribution in [2.45, 2.75) is 19.8 Å². The fraction of sp³-hybridized carbons (Fsp3) is 0.292. The van der Waals surface area contributed by atoms with Crippen LogP contribution in [0.2, 0.25) is 0 Å². The van der Waals surface area contributed by atoms with E-state index in [9.17, 15) is 4.79 Å². The van der Waals surface area contributed by atoms with Crippen LogP contribution in [0.3, 0.4) is 0 Å². The number of benzene rings is 1. The number of rotatable bonds is 7. The van der Waals surface area contributed by atoms with Gasteiger partial charge in [0.2, 0.25) is 0 Å². The number of hydrogen-bond acceptors (Lipinski definition) is 7. The molecule has 4 N–H and O–H groups in total. The second-order valence-corrected chi connectivity index (χ2v) is 8.43. The number of nitrogens with one attached hydrogen (secondary N) is 2. The summed E-state index contributed by atoms with van der Waals surface area (Å²) in [5, 5.41) is 4.09. The Morgan fingerprint density at radius 3 is 2.85 bits per heavy atom. The van der Waals surface area contributed by atoms with Gasteiger partial charge in [-0.3, -0.25) is 4.79 Å². The molecule has 0 saturated heterocycles. The summed E-state index contributed by atoms with van der Waals surface area (Å²) >= 11 is 5.08. The number of amides is 1. The molecule has 1 amide bonds. The average Bonchev–Trinajstić information content (AvgIpc) is 3.26. The first-order valence-electron chi connectivity index (χ1n) is 10.8. The standard InChI is InChI=1S/C23H26N6OS.CH4S/c1-16-13-25-21-20(16)22(27-15-26-21)29-11-12-31-19(14-29)23(30)28-18(9-5-6-10-24)17-7-3-2-4-8-17;1-2/h2-4,7-9,13-15H,5-6,10-12,24H2,1H3,(H,28,30)(H,25,26,27);2H,1H3/b18-9+;. The van der Waals surface area contributed by atoms with E-state index in [1.54, 1.807) is 24.3 Å². The molecule has 9 heteroatoms. The molecule has 0 unspecified atom stereocenters. The number of anilines is 1. The van der Waals surface area contributed by atoms with Gasteiger partial charge in [0, 0.05) is 30.4 Å². The maximum atomic E-state index is 13.1. The highest BCUT2D eigenvalue weighted by Gasteiger charge is 2.22. The van der Waals surface area contributed by atoms with Gasteiger partial charge in [0.15, 0.2) is 0 Å². The lowest BCUT2D eigenvalue weighted by atomic mass is 10.1. The molecule has 0 saturated carbocycles. The second-order valence-electron chi connectivity index (χ2n) is 7.30. The topological polar surface area (TPSA) is 99.9 Å². The number of thiol groups is 1. The third-order valence-corrected chi connectivity index (χ3v) is 6.08. The summed E-state index contributed by atoms with van der Waals surface area (Å²) in [6, 6.07) is 9.89. The molecule has 0 atom stereocenters. The number of aromatic nitrogens is 3. The van der Waals surface area contributed by atoms with Crippen LogP contribution in [0.4, 0.5) is 5.82 Å². The molecule has 7 nitrogen and oxygen atoms in total. The number of nitrogens with zero attached hydrogens (tertiary/aromatic N) is 3. The van der Waals surface area contributed by atoms with Crippen molar-refractivity contribution >= 4 is 52.8 Å². The number of aryl methyl sites for hydroxylation is 1. The first-order chi connectivity index (χ1) is 16.2. The summed E-state index contributed by atoms with van der Waals surface area (Å²) in [6.45, 7) is 3.42. The monoisotopic (exact) mass is 482 g/mol. The summed E-state index contributed by atoms with van der Waals surface area (Å²) in [5.41, 5.74) is 9.31. The van der Waals surface area contributed by atoms with Crippen molar-refractivity contribution in [2.75, 3.05) is 30.0 Å². The molecule has 3 heterocycles. The number of aromatic amines is 1. The molecule has 1 aliphatic heterocycles. The van der Waals surface area contributed by atoms with Crippen molar-refractivity contribution in [3.63, 3.8) is 0 Å². The average molecular weight is 483 g/mol. The van der Waals surface area contributed by atoms with Crippen molar-refractivity contribution < 1.29 is 4.79 Å². The number of carbonyl (C=O) groups excluding carboxylic acids is 1. The van der Waals surface area contributed by atoms with E-state index in [0.717, 1.165) is 58.8 Å². The minimum Gasteiger partial charge on any atom is -0.346 e. The maximum absolute atomic E-state index is 13.1. The SMILES string of the molecule is CS.Cc1c[nH]c2ncnc(N3C=C(C(=O)N/C(=C/CCCN)c4ccccc4)SCC3)c12. The van der Waals surface area contributed by atoms with E-state index in [0.29, 0.717) is 11.4 Å². The van der Waals surface area contributed by atoms with E-state index in [-0.39, 0.29) is 5.91 Å². The van der Waals surface area contributed by atoms with E-state index < -0.39 is 0 Å². The van der Waals surface area contributed by atoms with Gasteiger partial charge >= 0.3 is 0 Å². The summed E-state index contributed by atoms with van der Waals surface area (Å²) < 4.78 is 0. The van der Waals surface area contributed by atoms with Crippen molar-refractivity contribution in [3.05, 3.63) is 71.2 Å².